The lowest BCUT2D eigenvalue weighted by Crippen LogP contribution is -2.48. The number of hydrogen-bond donors (Lipinski definition) is 1. The van der Waals surface area contributed by atoms with Crippen LogP contribution in [-0.2, 0) is 4.74 Å². The van der Waals surface area contributed by atoms with E-state index >= 15 is 13.2 Å². The van der Waals surface area contributed by atoms with Crippen molar-refractivity contribution >= 4 is 22.5 Å². The molecule has 0 spiro atoms. The van der Waals surface area contributed by atoms with E-state index in [-0.39, 0.29) is 41.2 Å². The number of nitrogen functional groups attached to an aromatic ring is 1. The molecule has 6 rings (SSSR count). The van der Waals surface area contributed by atoms with Gasteiger partial charge >= 0.3 is 0 Å². The standard InChI is InChI=1S/C23H24F4N8O2/c1-11(6-24)34-16-5-12(3-4-15(16)30-32-34)17-18(25)19(35-20(17)21(36-2)29-22(28)31-35)14-7-33(10-23(14,26)27)13-8-37-9-13/h3-5,11,13-14H,6-10H2,1-2H3,(H2,28,31)/t11-,14-/m1/s1. The Morgan fingerprint density at radius 3 is 2.76 bits per heavy atom. The zero-order chi connectivity index (χ0) is 26.1. The first-order chi connectivity index (χ1) is 17.7. The molecule has 0 amide bonds. The van der Waals surface area contributed by atoms with Crippen LogP contribution in [0, 0.1) is 5.82 Å². The predicted octanol–water partition coefficient (Wildman–Crippen LogP) is 2.83. The van der Waals surface area contributed by atoms with Crippen molar-refractivity contribution in [1.82, 2.24) is 34.5 Å². The molecule has 2 atom stereocenters. The minimum absolute atomic E-state index is 0.0318. The lowest BCUT2D eigenvalue weighted by atomic mass is 9.98. The smallest absolute Gasteiger partial charge is 0.270 e. The van der Waals surface area contributed by atoms with Crippen LogP contribution in [0.15, 0.2) is 18.2 Å². The highest BCUT2D eigenvalue weighted by atomic mass is 19.3. The zero-order valence-corrected chi connectivity index (χ0v) is 20.0. The van der Waals surface area contributed by atoms with E-state index in [1.807, 2.05) is 0 Å². The first kappa shape index (κ1) is 23.9. The average Bonchev–Trinajstić information content (AvgIpc) is 3.47. The van der Waals surface area contributed by atoms with Crippen LogP contribution in [0.3, 0.4) is 0 Å². The van der Waals surface area contributed by atoms with Gasteiger partial charge in [0.2, 0.25) is 11.8 Å². The number of hydrogen-bond acceptors (Lipinski definition) is 8. The van der Waals surface area contributed by atoms with Crippen LogP contribution in [0.4, 0.5) is 23.5 Å². The summed E-state index contributed by atoms with van der Waals surface area (Å²) in [5.74, 6) is -5.95. The Hall–Kier alpha value is -3.52. The van der Waals surface area contributed by atoms with E-state index in [0.29, 0.717) is 29.8 Å². The maximum atomic E-state index is 16.4. The fourth-order valence-electron chi connectivity index (χ4n) is 5.14. The quantitative estimate of drug-likeness (QED) is 0.387. The summed E-state index contributed by atoms with van der Waals surface area (Å²) in [7, 11) is 1.32. The third-order valence-corrected chi connectivity index (χ3v) is 7.14. The second kappa shape index (κ2) is 8.52. The number of halogens is 4. The van der Waals surface area contributed by atoms with Gasteiger partial charge in [-0.15, -0.1) is 10.2 Å². The van der Waals surface area contributed by atoms with Gasteiger partial charge in [0, 0.05) is 6.54 Å². The lowest BCUT2D eigenvalue weighted by molar-refractivity contribution is -0.0715. The molecular weight excluding hydrogens is 496 g/mol. The Morgan fingerprint density at radius 1 is 1.30 bits per heavy atom. The number of nitrogens with two attached hydrogens (primary N) is 1. The number of ether oxygens (including phenoxy) is 2. The highest BCUT2D eigenvalue weighted by Gasteiger charge is 2.54. The molecule has 3 aromatic heterocycles. The van der Waals surface area contributed by atoms with Crippen molar-refractivity contribution in [2.45, 2.75) is 30.8 Å². The van der Waals surface area contributed by atoms with Gasteiger partial charge in [-0.3, -0.25) is 4.90 Å². The van der Waals surface area contributed by atoms with Crippen molar-refractivity contribution in [3.05, 3.63) is 29.7 Å². The number of alkyl halides is 3. The topological polar surface area (TPSA) is 109 Å². The molecule has 0 unspecified atom stereocenters. The Bertz CT molecular complexity index is 1500. The number of likely N-dealkylation sites (tertiary alicyclic amines) is 1. The van der Waals surface area contributed by atoms with Gasteiger partial charge in [0.25, 0.3) is 5.92 Å². The second-order valence-corrected chi connectivity index (χ2v) is 9.49. The van der Waals surface area contributed by atoms with Gasteiger partial charge in [-0.2, -0.15) is 4.98 Å². The van der Waals surface area contributed by atoms with Crippen LogP contribution in [-0.4, -0.2) is 86.5 Å². The summed E-state index contributed by atoms with van der Waals surface area (Å²) >= 11 is 0. The summed E-state index contributed by atoms with van der Waals surface area (Å²) in [6.45, 7) is 1.05. The van der Waals surface area contributed by atoms with Crippen molar-refractivity contribution in [3.8, 4) is 17.0 Å². The van der Waals surface area contributed by atoms with Gasteiger partial charge in [0.05, 0.1) is 61.6 Å². The van der Waals surface area contributed by atoms with E-state index in [4.69, 9.17) is 15.2 Å². The van der Waals surface area contributed by atoms with Crippen molar-refractivity contribution in [1.29, 1.82) is 0 Å². The maximum Gasteiger partial charge on any atom is 0.270 e. The average molecular weight is 520 g/mol. The van der Waals surface area contributed by atoms with E-state index in [0.717, 1.165) is 4.52 Å². The highest BCUT2D eigenvalue weighted by Crippen LogP contribution is 2.47. The summed E-state index contributed by atoms with van der Waals surface area (Å²) in [5, 5.41) is 12.2. The largest absolute Gasteiger partial charge is 0.479 e. The maximum absolute atomic E-state index is 16.4. The van der Waals surface area contributed by atoms with E-state index in [1.165, 1.54) is 11.8 Å². The monoisotopic (exact) mass is 520 g/mol. The lowest BCUT2D eigenvalue weighted by Gasteiger charge is -2.34. The van der Waals surface area contributed by atoms with E-state index < -0.39 is 36.9 Å². The first-order valence-corrected chi connectivity index (χ1v) is 11.8. The van der Waals surface area contributed by atoms with Crippen LogP contribution >= 0.6 is 0 Å². The molecule has 37 heavy (non-hydrogen) atoms. The second-order valence-electron chi connectivity index (χ2n) is 9.49. The molecule has 0 bridgehead atoms. The van der Waals surface area contributed by atoms with E-state index in [2.05, 4.69) is 20.4 Å². The van der Waals surface area contributed by atoms with Gasteiger partial charge in [-0.1, -0.05) is 11.3 Å². The molecule has 14 heteroatoms. The molecule has 2 N–H and O–H groups in total. The fourth-order valence-corrected chi connectivity index (χ4v) is 5.14. The molecule has 0 saturated carbocycles. The predicted molar refractivity (Wildman–Crippen MR) is 125 cm³/mol. The number of fused-ring (bicyclic) bond motifs is 2. The molecule has 1 aromatic carbocycles. The normalized spacial score (nSPS) is 21.1. The van der Waals surface area contributed by atoms with Gasteiger partial charge in [-0.25, -0.2) is 26.8 Å². The van der Waals surface area contributed by atoms with Crippen LogP contribution in [0.25, 0.3) is 27.7 Å². The summed E-state index contributed by atoms with van der Waals surface area (Å²) in [6.07, 6.45) is 0. The van der Waals surface area contributed by atoms with Crippen molar-refractivity contribution in [2.75, 3.05) is 45.8 Å². The molecule has 0 radical (unpaired) electrons. The minimum atomic E-state index is -3.24. The van der Waals surface area contributed by atoms with Crippen molar-refractivity contribution < 1.29 is 27.0 Å². The minimum Gasteiger partial charge on any atom is -0.479 e. The van der Waals surface area contributed by atoms with Gasteiger partial charge in [-0.05, 0) is 24.6 Å². The number of rotatable bonds is 6. The summed E-state index contributed by atoms with van der Waals surface area (Å²) in [6, 6.07) is 4.03. The Kier molecular flexibility index (Phi) is 5.49. The van der Waals surface area contributed by atoms with Gasteiger partial charge in [0.1, 0.15) is 17.7 Å². The number of anilines is 1. The molecule has 2 aliphatic heterocycles. The van der Waals surface area contributed by atoms with Crippen LogP contribution in [0.1, 0.15) is 24.6 Å². The molecule has 0 aliphatic carbocycles. The molecule has 5 heterocycles. The molecule has 196 valence electrons. The van der Waals surface area contributed by atoms with Crippen molar-refractivity contribution in [2.24, 2.45) is 0 Å². The van der Waals surface area contributed by atoms with Crippen LogP contribution < -0.4 is 10.5 Å². The van der Waals surface area contributed by atoms with Gasteiger partial charge < -0.3 is 15.2 Å². The molecule has 2 aliphatic rings. The number of methoxy groups -OCH3 is 1. The zero-order valence-electron chi connectivity index (χ0n) is 20.0. The third-order valence-electron chi connectivity index (χ3n) is 7.14. The summed E-state index contributed by atoms with van der Waals surface area (Å²) in [4.78, 5) is 5.68. The highest BCUT2D eigenvalue weighted by molar-refractivity contribution is 5.90. The Morgan fingerprint density at radius 2 is 2.08 bits per heavy atom. The first-order valence-electron chi connectivity index (χ1n) is 11.8. The van der Waals surface area contributed by atoms with Crippen LogP contribution in [0.2, 0.25) is 0 Å². The van der Waals surface area contributed by atoms with Crippen LogP contribution in [0.5, 0.6) is 5.88 Å². The fraction of sp³-hybridized carbons (Fsp3) is 0.478. The van der Waals surface area contributed by atoms with Crippen molar-refractivity contribution in [3.63, 3.8) is 0 Å². The summed E-state index contributed by atoms with van der Waals surface area (Å²) in [5.41, 5.74) is 6.82. The SMILES string of the molecule is COc1nc(N)nn2c([C@H]3CN(C4COC4)CC3(F)F)c(F)c(-c3ccc4nnn([C@H](C)CF)c4c3)c12. The number of benzene rings is 1. The molecule has 10 nitrogen and oxygen atoms in total. The van der Waals surface area contributed by atoms with Gasteiger partial charge in [0.15, 0.2) is 5.82 Å². The molecular formula is C23H24F4N8O2. The van der Waals surface area contributed by atoms with E-state index in [1.54, 1.807) is 30.0 Å². The molecule has 4 aromatic rings. The molecule has 2 fully saturated rings. The van der Waals surface area contributed by atoms with E-state index in [9.17, 15) is 4.39 Å². The Labute approximate surface area is 207 Å². The third kappa shape index (κ3) is 3.61. The Balaban J connectivity index is 1.58. The number of nitrogens with zero attached hydrogens (tertiary/aromatic N) is 7. The molecule has 2 saturated heterocycles. The number of aromatic nitrogens is 6. The summed E-state index contributed by atoms with van der Waals surface area (Å²) < 4.78 is 73.6.